The van der Waals surface area contributed by atoms with Crippen molar-refractivity contribution in [3.05, 3.63) is 40.9 Å². The normalized spacial score (nSPS) is 11.4. The van der Waals surface area contributed by atoms with Crippen LogP contribution >= 0.6 is 0 Å². The molecule has 0 amide bonds. The smallest absolute Gasteiger partial charge is 0.212 e. The van der Waals surface area contributed by atoms with Gasteiger partial charge in [-0.05, 0) is 19.4 Å². The Kier molecular flexibility index (Phi) is 5.35. The number of methoxy groups -OCH3 is 1. The van der Waals surface area contributed by atoms with Gasteiger partial charge in [0, 0.05) is 38.0 Å². The molecule has 0 radical (unpaired) electrons. The summed E-state index contributed by atoms with van der Waals surface area (Å²) in [5.74, 6) is 2.13. The molecular formula is C15H21N5O2. The fourth-order valence-corrected chi connectivity index (χ4v) is 1.97. The first-order valence-electron chi connectivity index (χ1n) is 6.99. The molecule has 0 fully saturated rings. The van der Waals surface area contributed by atoms with Crippen LogP contribution in [0.15, 0.2) is 27.8 Å². The van der Waals surface area contributed by atoms with Crippen LogP contribution in [0.2, 0.25) is 0 Å². The van der Waals surface area contributed by atoms with Crippen LogP contribution in [0.5, 0.6) is 5.88 Å². The molecule has 0 aliphatic carbocycles. The van der Waals surface area contributed by atoms with E-state index in [9.17, 15) is 0 Å². The van der Waals surface area contributed by atoms with E-state index in [4.69, 9.17) is 9.26 Å². The number of rotatable bonds is 5. The number of guanidine groups is 1. The van der Waals surface area contributed by atoms with Crippen molar-refractivity contribution in [2.24, 2.45) is 4.99 Å². The lowest BCUT2D eigenvalue weighted by molar-refractivity contribution is 0.392. The second-order valence-electron chi connectivity index (χ2n) is 4.79. The maximum absolute atomic E-state index is 5.14. The third-order valence-electron chi connectivity index (χ3n) is 3.30. The lowest BCUT2D eigenvalue weighted by atomic mass is 10.2. The van der Waals surface area contributed by atoms with Crippen LogP contribution in [0.1, 0.15) is 22.6 Å². The van der Waals surface area contributed by atoms with E-state index in [0.717, 1.165) is 22.6 Å². The predicted octanol–water partition coefficient (Wildman–Crippen LogP) is 1.56. The monoisotopic (exact) mass is 303 g/mol. The molecule has 22 heavy (non-hydrogen) atoms. The molecule has 2 N–H and O–H groups in total. The summed E-state index contributed by atoms with van der Waals surface area (Å²) in [5.41, 5.74) is 2.98. The molecule has 2 aromatic rings. The molecule has 0 aliphatic rings. The summed E-state index contributed by atoms with van der Waals surface area (Å²) in [6.07, 6.45) is 1.77. The number of nitrogens with zero attached hydrogens (tertiary/aromatic N) is 3. The Morgan fingerprint density at radius 3 is 2.59 bits per heavy atom. The highest BCUT2D eigenvalue weighted by molar-refractivity contribution is 5.79. The number of aromatic nitrogens is 2. The number of hydrogen-bond acceptors (Lipinski definition) is 5. The molecule has 0 saturated carbocycles. The van der Waals surface area contributed by atoms with Gasteiger partial charge in [0.25, 0.3) is 0 Å². The highest BCUT2D eigenvalue weighted by atomic mass is 16.5. The van der Waals surface area contributed by atoms with E-state index in [-0.39, 0.29) is 0 Å². The van der Waals surface area contributed by atoms with Crippen molar-refractivity contribution in [2.45, 2.75) is 26.9 Å². The highest BCUT2D eigenvalue weighted by Crippen LogP contribution is 2.11. The van der Waals surface area contributed by atoms with E-state index in [0.29, 0.717) is 24.9 Å². The van der Waals surface area contributed by atoms with Crippen molar-refractivity contribution in [3.63, 3.8) is 0 Å². The molecule has 0 aromatic carbocycles. The zero-order valence-electron chi connectivity index (χ0n) is 13.3. The van der Waals surface area contributed by atoms with Crippen molar-refractivity contribution in [1.82, 2.24) is 20.8 Å². The maximum atomic E-state index is 5.14. The SMILES string of the molecule is CN=C(NCc1ccc(OC)nc1)NCc1c(C)noc1C. The Morgan fingerprint density at radius 1 is 1.27 bits per heavy atom. The van der Waals surface area contributed by atoms with Crippen molar-refractivity contribution in [3.8, 4) is 5.88 Å². The summed E-state index contributed by atoms with van der Waals surface area (Å²) in [7, 11) is 3.33. The standard InChI is InChI=1S/C15H21N5O2/c1-10-13(11(2)22-20-10)9-19-15(16-3)18-8-12-5-6-14(21-4)17-7-12/h5-7H,8-9H2,1-4H3,(H2,16,18,19). The van der Waals surface area contributed by atoms with Crippen LogP contribution in [0.25, 0.3) is 0 Å². The number of ether oxygens (including phenoxy) is 1. The van der Waals surface area contributed by atoms with Crippen LogP contribution < -0.4 is 15.4 Å². The number of nitrogens with one attached hydrogen (secondary N) is 2. The van der Waals surface area contributed by atoms with Gasteiger partial charge in [-0.3, -0.25) is 4.99 Å². The molecule has 118 valence electrons. The number of aryl methyl sites for hydroxylation is 2. The fraction of sp³-hybridized carbons (Fsp3) is 0.400. The molecule has 0 saturated heterocycles. The molecule has 0 unspecified atom stereocenters. The van der Waals surface area contributed by atoms with E-state index >= 15 is 0 Å². The van der Waals surface area contributed by atoms with Gasteiger partial charge in [-0.15, -0.1) is 0 Å². The van der Waals surface area contributed by atoms with Gasteiger partial charge in [0.2, 0.25) is 5.88 Å². The number of pyridine rings is 1. The Labute approximate surface area is 129 Å². The third kappa shape index (κ3) is 3.97. The van der Waals surface area contributed by atoms with E-state index in [1.807, 2.05) is 26.0 Å². The van der Waals surface area contributed by atoms with Crippen LogP contribution in [-0.4, -0.2) is 30.3 Å². The minimum atomic E-state index is 0.602. The Hall–Kier alpha value is -2.57. The van der Waals surface area contributed by atoms with Gasteiger partial charge in [0.1, 0.15) is 5.76 Å². The molecule has 2 rings (SSSR count). The van der Waals surface area contributed by atoms with Crippen molar-refractivity contribution in [1.29, 1.82) is 0 Å². The summed E-state index contributed by atoms with van der Waals surface area (Å²) in [6.45, 7) is 5.06. The first kappa shape index (κ1) is 15.8. The van der Waals surface area contributed by atoms with Gasteiger partial charge < -0.3 is 19.9 Å². The van der Waals surface area contributed by atoms with Crippen molar-refractivity contribution in [2.75, 3.05) is 14.2 Å². The Morgan fingerprint density at radius 2 is 2.05 bits per heavy atom. The summed E-state index contributed by atoms with van der Waals surface area (Å²) in [6, 6.07) is 3.79. The van der Waals surface area contributed by atoms with Crippen molar-refractivity contribution < 1.29 is 9.26 Å². The molecule has 0 atom stereocenters. The second kappa shape index (κ2) is 7.44. The van der Waals surface area contributed by atoms with Crippen LogP contribution in [-0.2, 0) is 13.1 Å². The first-order chi connectivity index (χ1) is 10.6. The number of aliphatic imine (C=N–C) groups is 1. The second-order valence-corrected chi connectivity index (χ2v) is 4.79. The molecule has 7 nitrogen and oxygen atoms in total. The van der Waals surface area contributed by atoms with Crippen molar-refractivity contribution >= 4 is 5.96 Å². The molecule has 0 bridgehead atoms. The largest absolute Gasteiger partial charge is 0.481 e. The van der Waals surface area contributed by atoms with Gasteiger partial charge in [0.15, 0.2) is 5.96 Å². The van der Waals surface area contributed by atoms with Gasteiger partial charge in [-0.2, -0.15) is 0 Å². The Bertz CT molecular complexity index is 614. The van der Waals surface area contributed by atoms with Crippen LogP contribution in [0, 0.1) is 13.8 Å². The average molecular weight is 303 g/mol. The van der Waals surface area contributed by atoms with E-state index < -0.39 is 0 Å². The quantitative estimate of drug-likeness (QED) is 0.644. The summed E-state index contributed by atoms with van der Waals surface area (Å²) >= 11 is 0. The van der Waals surface area contributed by atoms with E-state index in [1.54, 1.807) is 20.4 Å². The fourth-order valence-electron chi connectivity index (χ4n) is 1.97. The molecule has 0 aliphatic heterocycles. The minimum absolute atomic E-state index is 0.602. The van der Waals surface area contributed by atoms with Gasteiger partial charge >= 0.3 is 0 Å². The summed E-state index contributed by atoms with van der Waals surface area (Å²) < 4.78 is 10.2. The van der Waals surface area contributed by atoms with Crippen LogP contribution in [0.3, 0.4) is 0 Å². The van der Waals surface area contributed by atoms with Gasteiger partial charge in [-0.1, -0.05) is 11.2 Å². The molecule has 2 heterocycles. The van der Waals surface area contributed by atoms with E-state index in [2.05, 4.69) is 25.8 Å². The Balaban J connectivity index is 1.87. The van der Waals surface area contributed by atoms with Gasteiger partial charge in [-0.25, -0.2) is 4.98 Å². The van der Waals surface area contributed by atoms with Crippen LogP contribution in [0.4, 0.5) is 0 Å². The third-order valence-corrected chi connectivity index (χ3v) is 3.30. The average Bonchev–Trinajstić information content (AvgIpc) is 2.87. The number of hydrogen-bond donors (Lipinski definition) is 2. The molecule has 2 aromatic heterocycles. The first-order valence-corrected chi connectivity index (χ1v) is 6.99. The maximum Gasteiger partial charge on any atom is 0.212 e. The van der Waals surface area contributed by atoms with Gasteiger partial charge in [0.05, 0.1) is 12.8 Å². The lowest BCUT2D eigenvalue weighted by Gasteiger charge is -2.11. The summed E-state index contributed by atoms with van der Waals surface area (Å²) in [4.78, 5) is 8.36. The lowest BCUT2D eigenvalue weighted by Crippen LogP contribution is -2.36. The highest BCUT2D eigenvalue weighted by Gasteiger charge is 2.09. The molecule has 7 heteroatoms. The zero-order valence-corrected chi connectivity index (χ0v) is 13.3. The molecule has 0 spiro atoms. The molecular weight excluding hydrogens is 282 g/mol. The zero-order chi connectivity index (χ0) is 15.9. The predicted molar refractivity (Wildman–Crippen MR) is 83.8 cm³/mol. The topological polar surface area (TPSA) is 84.6 Å². The summed E-state index contributed by atoms with van der Waals surface area (Å²) in [5, 5.41) is 10.4. The van der Waals surface area contributed by atoms with E-state index in [1.165, 1.54) is 0 Å². The minimum Gasteiger partial charge on any atom is -0.481 e.